The molecule has 1 amide bonds. The van der Waals surface area contributed by atoms with Gasteiger partial charge in [-0.3, -0.25) is 15.4 Å². The Balaban J connectivity index is 2.09. The lowest BCUT2D eigenvalue weighted by molar-refractivity contribution is -0.384. The molecule has 0 radical (unpaired) electrons. The average Bonchev–Trinajstić information content (AvgIpc) is 2.55. The summed E-state index contributed by atoms with van der Waals surface area (Å²) in [5, 5.41) is 12.9. The van der Waals surface area contributed by atoms with Crippen LogP contribution < -0.4 is 10.1 Å². The molecule has 0 saturated heterocycles. The molecular weight excluding hydrogens is 326 g/mol. The third kappa shape index (κ3) is 4.90. The van der Waals surface area contributed by atoms with Crippen molar-refractivity contribution in [1.29, 1.82) is 0 Å². The zero-order valence-corrected chi connectivity index (χ0v) is 12.1. The fraction of sp³-hybridized carbons (Fsp3) is 0.133. The molecule has 0 aromatic heterocycles. The molecule has 0 heterocycles. The minimum Gasteiger partial charge on any atom is -0.444 e. The zero-order chi connectivity index (χ0) is 17.5. The predicted molar refractivity (Wildman–Crippen MR) is 80.0 cm³/mol. The summed E-state index contributed by atoms with van der Waals surface area (Å²) in [5.41, 5.74) is 0.0354. The van der Waals surface area contributed by atoms with Crippen LogP contribution in [0.3, 0.4) is 0 Å². The van der Waals surface area contributed by atoms with Crippen molar-refractivity contribution in [2.24, 2.45) is 0 Å². The Hall–Kier alpha value is -3.23. The first kappa shape index (κ1) is 17.1. The molecule has 0 spiro atoms. The maximum absolute atomic E-state index is 12.4. The van der Waals surface area contributed by atoms with Gasteiger partial charge in [0.15, 0.2) is 0 Å². The first-order valence-corrected chi connectivity index (χ1v) is 6.66. The number of rotatable bonds is 6. The minimum absolute atomic E-state index is 0.0490. The number of carbonyl (C=O) groups is 1. The molecule has 0 aliphatic rings. The molecule has 0 atom stereocenters. The molecule has 24 heavy (non-hydrogen) atoms. The summed E-state index contributed by atoms with van der Waals surface area (Å²) in [4.78, 5) is 21.8. The second-order valence-electron chi connectivity index (χ2n) is 4.50. The number of nitro groups is 1. The molecule has 7 nitrogen and oxygen atoms in total. The van der Waals surface area contributed by atoms with Gasteiger partial charge < -0.3 is 9.47 Å². The average molecular weight is 338 g/mol. The molecule has 0 bridgehead atoms. The van der Waals surface area contributed by atoms with Crippen molar-refractivity contribution in [3.63, 3.8) is 0 Å². The number of carbonyl (C=O) groups excluding carboxylic acids is 1. The number of ether oxygens (including phenoxy) is 2. The van der Waals surface area contributed by atoms with Crippen molar-refractivity contribution < 1.29 is 28.0 Å². The van der Waals surface area contributed by atoms with Crippen LogP contribution in [0.5, 0.6) is 5.75 Å². The number of halogens is 2. The number of benzene rings is 2. The van der Waals surface area contributed by atoms with Crippen LogP contribution in [0.25, 0.3) is 0 Å². The zero-order valence-electron chi connectivity index (χ0n) is 12.1. The highest BCUT2D eigenvalue weighted by Crippen LogP contribution is 2.30. The highest BCUT2D eigenvalue weighted by atomic mass is 19.3. The van der Waals surface area contributed by atoms with Crippen LogP contribution in [0.4, 0.5) is 25.0 Å². The van der Waals surface area contributed by atoms with E-state index in [2.05, 4.69) is 10.1 Å². The summed E-state index contributed by atoms with van der Waals surface area (Å²) in [7, 11) is 0. The summed E-state index contributed by atoms with van der Waals surface area (Å²) in [5.74, 6) is -0.410. The van der Waals surface area contributed by atoms with E-state index in [9.17, 15) is 23.7 Å². The van der Waals surface area contributed by atoms with Gasteiger partial charge in [0.05, 0.1) is 10.6 Å². The highest BCUT2D eigenvalue weighted by Gasteiger charge is 2.17. The van der Waals surface area contributed by atoms with Crippen molar-refractivity contribution >= 4 is 17.5 Å². The largest absolute Gasteiger partial charge is 0.444 e. The summed E-state index contributed by atoms with van der Waals surface area (Å²) in [6.45, 7) is -3.19. The fourth-order valence-corrected chi connectivity index (χ4v) is 1.80. The highest BCUT2D eigenvalue weighted by molar-refractivity contribution is 5.87. The van der Waals surface area contributed by atoms with E-state index in [4.69, 9.17) is 4.74 Å². The lowest BCUT2D eigenvalue weighted by atomic mass is 10.2. The fourth-order valence-electron chi connectivity index (χ4n) is 1.80. The molecule has 9 heteroatoms. The molecule has 126 valence electrons. The normalized spacial score (nSPS) is 10.3. The maximum Gasteiger partial charge on any atom is 0.412 e. The summed E-state index contributed by atoms with van der Waals surface area (Å²) in [6, 6.07) is 11.6. The number of anilines is 1. The molecule has 2 rings (SSSR count). The smallest absolute Gasteiger partial charge is 0.412 e. The number of hydrogen-bond donors (Lipinski definition) is 1. The van der Waals surface area contributed by atoms with Crippen LogP contribution in [0.1, 0.15) is 5.56 Å². The second kappa shape index (κ2) is 7.86. The molecule has 2 aromatic rings. The van der Waals surface area contributed by atoms with Crippen LogP contribution in [-0.4, -0.2) is 17.6 Å². The van der Waals surface area contributed by atoms with E-state index in [-0.39, 0.29) is 12.3 Å². The van der Waals surface area contributed by atoms with Gasteiger partial charge in [-0.25, -0.2) is 4.79 Å². The molecular formula is C15H12F2N2O5. The molecule has 0 aliphatic heterocycles. The van der Waals surface area contributed by atoms with Gasteiger partial charge in [-0.05, 0) is 11.6 Å². The number of non-ortho nitro benzene ring substituents is 1. The number of amides is 1. The molecule has 0 saturated carbocycles. The Bertz CT molecular complexity index is 725. The molecule has 1 N–H and O–H groups in total. The van der Waals surface area contributed by atoms with Crippen molar-refractivity contribution in [2.45, 2.75) is 13.2 Å². The summed E-state index contributed by atoms with van der Waals surface area (Å²) in [6.07, 6.45) is -0.960. The van der Waals surface area contributed by atoms with E-state index in [0.29, 0.717) is 0 Å². The van der Waals surface area contributed by atoms with E-state index < -0.39 is 29.1 Å². The summed E-state index contributed by atoms with van der Waals surface area (Å²) >= 11 is 0. The second-order valence-corrected chi connectivity index (χ2v) is 4.50. The Morgan fingerprint density at radius 1 is 1.21 bits per heavy atom. The van der Waals surface area contributed by atoms with Crippen LogP contribution in [0, 0.1) is 10.1 Å². The molecule has 2 aromatic carbocycles. The van der Waals surface area contributed by atoms with E-state index in [0.717, 1.165) is 23.8 Å². The van der Waals surface area contributed by atoms with E-state index in [1.807, 2.05) is 0 Å². The Morgan fingerprint density at radius 2 is 1.92 bits per heavy atom. The van der Waals surface area contributed by atoms with Crippen LogP contribution in [0.15, 0.2) is 48.5 Å². The Morgan fingerprint density at radius 3 is 2.54 bits per heavy atom. The first-order valence-electron chi connectivity index (χ1n) is 6.66. The number of alkyl halides is 2. The molecule has 0 unspecified atom stereocenters. The third-order valence-corrected chi connectivity index (χ3v) is 2.84. The number of nitrogens with zero attached hydrogens (tertiary/aromatic N) is 1. The first-order chi connectivity index (χ1) is 11.5. The van der Waals surface area contributed by atoms with Gasteiger partial charge in [0.25, 0.3) is 5.69 Å². The van der Waals surface area contributed by atoms with Gasteiger partial charge >= 0.3 is 12.7 Å². The lowest BCUT2D eigenvalue weighted by Gasteiger charge is -2.12. The van der Waals surface area contributed by atoms with E-state index >= 15 is 0 Å². The SMILES string of the molecule is O=C(Nc1cc([N+](=O)[O-])ccc1OC(F)F)OCc1ccccc1. The van der Waals surface area contributed by atoms with E-state index in [1.54, 1.807) is 30.3 Å². The number of nitrogens with one attached hydrogen (secondary N) is 1. The van der Waals surface area contributed by atoms with Crippen molar-refractivity contribution in [3.8, 4) is 5.75 Å². The standard InChI is InChI=1S/C15H12F2N2O5/c16-14(17)24-13-7-6-11(19(21)22)8-12(13)18-15(20)23-9-10-4-2-1-3-5-10/h1-8,14H,9H2,(H,18,20). The van der Waals surface area contributed by atoms with Crippen molar-refractivity contribution in [1.82, 2.24) is 0 Å². The van der Waals surface area contributed by atoms with Gasteiger partial charge in [0, 0.05) is 12.1 Å². The Labute approximate surface area is 135 Å². The van der Waals surface area contributed by atoms with Crippen LogP contribution in [-0.2, 0) is 11.3 Å². The quantitative estimate of drug-likeness (QED) is 0.636. The lowest BCUT2D eigenvalue weighted by Crippen LogP contribution is -2.15. The van der Waals surface area contributed by atoms with Gasteiger partial charge in [-0.2, -0.15) is 8.78 Å². The van der Waals surface area contributed by atoms with Gasteiger partial charge in [-0.15, -0.1) is 0 Å². The van der Waals surface area contributed by atoms with E-state index in [1.165, 1.54) is 0 Å². The van der Waals surface area contributed by atoms with Gasteiger partial charge in [0.2, 0.25) is 0 Å². The van der Waals surface area contributed by atoms with Crippen molar-refractivity contribution in [3.05, 3.63) is 64.2 Å². The molecule has 0 fully saturated rings. The Kier molecular flexibility index (Phi) is 5.61. The number of hydrogen-bond acceptors (Lipinski definition) is 5. The molecule has 0 aliphatic carbocycles. The monoisotopic (exact) mass is 338 g/mol. The summed E-state index contributed by atoms with van der Waals surface area (Å²) < 4.78 is 33.9. The predicted octanol–water partition coefficient (Wildman–Crippen LogP) is 3.94. The van der Waals surface area contributed by atoms with Crippen LogP contribution in [0.2, 0.25) is 0 Å². The van der Waals surface area contributed by atoms with Gasteiger partial charge in [0.1, 0.15) is 12.4 Å². The minimum atomic E-state index is -3.15. The van der Waals surface area contributed by atoms with Crippen LogP contribution >= 0.6 is 0 Å². The topological polar surface area (TPSA) is 90.7 Å². The maximum atomic E-state index is 12.4. The third-order valence-electron chi connectivity index (χ3n) is 2.84. The number of nitro benzene ring substituents is 1. The van der Waals surface area contributed by atoms with Gasteiger partial charge in [-0.1, -0.05) is 30.3 Å². The van der Waals surface area contributed by atoms with Crippen molar-refractivity contribution in [2.75, 3.05) is 5.32 Å².